The lowest BCUT2D eigenvalue weighted by molar-refractivity contribution is -0.146. The number of aliphatic hydroxyl groups excluding tert-OH is 1. The maximum Gasteiger partial charge on any atom is 1.00 e. The number of aromatic nitrogens is 9. The van der Waals surface area contributed by atoms with Crippen molar-refractivity contribution < 1.29 is 86.3 Å². The normalized spacial score (nSPS) is 15.7. The Bertz CT molecular complexity index is 3730. The minimum absolute atomic E-state index is 0. The highest BCUT2D eigenvalue weighted by Gasteiger charge is 2.33. The number of aliphatic hydroxyl groups is 1. The molecular weight excluding hydrogens is 1390 g/mol. The molecule has 10 rings (SSSR count). The van der Waals surface area contributed by atoms with E-state index in [1.54, 1.807) is 73.1 Å². The molecule has 3 aromatic heterocycles. The van der Waals surface area contributed by atoms with Crippen LogP contribution in [-0.2, 0) is 86.3 Å². The first-order valence-electron chi connectivity index (χ1n) is 31.3. The first kappa shape index (κ1) is 83.6. The van der Waals surface area contributed by atoms with E-state index in [9.17, 15) is 51.9 Å². The van der Waals surface area contributed by atoms with Crippen molar-refractivity contribution in [2.24, 2.45) is 34.5 Å². The largest absolute Gasteiger partial charge is 1.00 e. The summed E-state index contributed by atoms with van der Waals surface area (Å²) in [4.78, 5) is 96.1. The number of hydrogen-bond donors (Lipinski definition) is 4. The molecule has 0 spiro atoms. The number of rotatable bonds is 22. The van der Waals surface area contributed by atoms with E-state index in [0.29, 0.717) is 52.8 Å². The molecule has 2 aromatic carbocycles. The van der Waals surface area contributed by atoms with Crippen LogP contribution in [-0.4, -0.2) is 190 Å². The Morgan fingerprint density at radius 2 is 1.25 bits per heavy atom. The van der Waals surface area contributed by atoms with Gasteiger partial charge in [0, 0.05) is 71.2 Å². The fourth-order valence-electron chi connectivity index (χ4n) is 8.38. The van der Waals surface area contributed by atoms with Crippen LogP contribution in [0.2, 0.25) is 15.1 Å². The van der Waals surface area contributed by atoms with Gasteiger partial charge in [0.25, 0.3) is 21.9 Å². The number of methoxy groups -OCH3 is 5. The van der Waals surface area contributed by atoms with Gasteiger partial charge in [-0.25, -0.2) is 28.4 Å². The quantitative estimate of drug-likeness (QED) is 0.0107. The molecule has 4 fully saturated rings. The second-order valence-electron chi connectivity index (χ2n) is 23.4. The van der Waals surface area contributed by atoms with Gasteiger partial charge in [0.05, 0.1) is 118 Å². The topological polar surface area (TPSA) is 449 Å². The van der Waals surface area contributed by atoms with E-state index in [-0.39, 0.29) is 91.6 Å². The molecule has 4 saturated carbocycles. The lowest BCUT2D eigenvalue weighted by Crippen LogP contribution is -2.44. The van der Waals surface area contributed by atoms with Crippen LogP contribution in [0.25, 0.3) is 10.4 Å². The Kier molecular flexibility index (Phi) is 34.3. The summed E-state index contributed by atoms with van der Waals surface area (Å²) in [6.45, 7) is 6.92. The average molecular weight is 1480 g/mol. The van der Waals surface area contributed by atoms with Crippen LogP contribution in [0.4, 0.5) is 0 Å². The summed E-state index contributed by atoms with van der Waals surface area (Å²) in [6.07, 6.45) is 20.0. The second-order valence-corrected chi connectivity index (χ2v) is 26.3. The summed E-state index contributed by atoms with van der Waals surface area (Å²) in [5.74, 6) is -0.655. The number of esters is 5. The number of ether oxygens (including phenoxy) is 5. The zero-order valence-electron chi connectivity index (χ0n) is 57.9. The molecule has 4 aliphatic carbocycles. The Labute approximate surface area is 594 Å². The number of nitrogens with zero attached hydrogens (tertiary/aromatic N) is 13. The van der Waals surface area contributed by atoms with Crippen molar-refractivity contribution in [2.45, 2.75) is 135 Å². The third-order valence-corrected chi connectivity index (χ3v) is 16.6. The van der Waals surface area contributed by atoms with Crippen LogP contribution < -0.4 is 11.1 Å². The number of halogens is 3. The maximum absolute atomic E-state index is 13.1. The van der Waals surface area contributed by atoms with Crippen LogP contribution in [0.1, 0.15) is 159 Å². The number of benzene rings is 2. The Hall–Kier alpha value is -8.81. The number of nitrogens with one attached hydrogen (secondary N) is 1. The zero-order chi connectivity index (χ0) is 74.6. The van der Waals surface area contributed by atoms with Crippen LogP contribution in [0, 0.1) is 36.0 Å². The summed E-state index contributed by atoms with van der Waals surface area (Å²) < 4.78 is 51.8. The van der Waals surface area contributed by atoms with E-state index in [2.05, 4.69) is 80.1 Å². The van der Waals surface area contributed by atoms with Gasteiger partial charge in [-0.1, -0.05) is 62.5 Å². The van der Waals surface area contributed by atoms with Crippen molar-refractivity contribution in [3.05, 3.63) is 114 Å². The lowest BCUT2D eigenvalue weighted by Gasteiger charge is -2.30. The molecule has 5 aromatic rings. The highest BCUT2D eigenvalue weighted by atomic mass is 35.5. The van der Waals surface area contributed by atoms with E-state index >= 15 is 0 Å². The molecule has 100 heavy (non-hydrogen) atoms. The fraction of sp³-hybridized carbons (Fsp3) is 0.556. The predicted octanol–water partition coefficient (Wildman–Crippen LogP) is 6.68. The molecule has 33 nitrogen and oxygen atoms in total. The molecule has 6 atom stereocenters. The molecule has 5 aliphatic rings. The Morgan fingerprint density at radius 1 is 0.750 bits per heavy atom. The minimum atomic E-state index is -3.47. The number of azide groups is 1. The number of carbonyl (C=O) groups excluding carboxylic acids is 7. The number of amides is 2. The SMILES string of the molecule is C#CC1CC1.COC(=O)[C@@H](C)CN=[N+]=[N-].COC(=O)[C@@H](C)CO.COC(=O)[C@@H](C)COS(C)(=O)=O.COC(=O)[C@@H](C)n1cc(C2CC2)nn1.COC(=O)[C@@H](N)n1cc(C2CC2)nn1.O=C(N[C@@H](Cn1cc(C2CC2)nn1)C(=O)O)c1c(Cl)cc2c(c1Cl)CCN(C(=O)c1ccc(Cl)cc1)C2.[H+]. The Balaban J connectivity index is 0.000000344. The van der Waals surface area contributed by atoms with Gasteiger partial charge in [0.15, 0.2) is 6.17 Å². The smallest absolute Gasteiger partial charge is 0.480 e. The van der Waals surface area contributed by atoms with Crippen molar-refractivity contribution in [1.29, 1.82) is 0 Å². The molecule has 5 N–H and O–H groups in total. The molecule has 37 heteroatoms. The number of hydrogen-bond acceptors (Lipinski definition) is 25. The van der Waals surface area contributed by atoms with Gasteiger partial charge < -0.3 is 49.8 Å². The number of carboxylic acid groups (broad SMARTS) is 1. The number of aliphatic carboxylic acids is 1. The molecule has 546 valence electrons. The molecule has 2 amide bonds. The number of carbonyl (C=O) groups is 8. The van der Waals surface area contributed by atoms with E-state index in [4.69, 9.17) is 57.6 Å². The molecule has 4 heterocycles. The van der Waals surface area contributed by atoms with Crippen LogP contribution in [0.3, 0.4) is 0 Å². The number of terminal acetylenes is 1. The standard InChI is InChI=1S/C25H22Cl3N5O4.C9H13N3O2.C8H12N4O2.C6H12O5S.C5H9N3O2.C5H10O3.C5H6/c26-16-5-3-14(4-6-16)24(35)32-8-7-17-15(10-32)9-18(27)21(22(17)28)23(34)29-20(25(36)37)12-33-11-19(30-31-33)13-1-2-13;1-6(9(13)14-2)12-5-8(10-11-12)7-3-4-7;1-14-8(13)7(9)12-4-6(10-11-12)5-2-3-5;1-5(6(7)10-2)4-11-12(3,8)9;1-4(3-7-8-6)5(9)10-2;1-4(3-6)5(7)8-2;1-2-5-3-4-5/h3-6,9,11,13,20H,1-2,7-8,10,12H2,(H,29,34)(H,36,37);5-7H,3-4H2,1-2H3;4-5,7H,2-3,9H2,1H3;5H,4H2,1-3H3;4H,3H2,1-2H3;4,6H,3H2,1-2H3;1,5H,3-4H2/p+1/t20-;6-;7-;5-;2*4-;/m010000./s1. The van der Waals surface area contributed by atoms with E-state index in [0.717, 1.165) is 54.6 Å². The minimum Gasteiger partial charge on any atom is -0.480 e. The average Bonchev–Trinajstić information content (AvgIpc) is 1.11. The summed E-state index contributed by atoms with van der Waals surface area (Å²) in [7, 11) is 3.03. The Morgan fingerprint density at radius 3 is 1.71 bits per heavy atom. The van der Waals surface area contributed by atoms with Gasteiger partial charge in [-0.05, 0) is 126 Å². The van der Waals surface area contributed by atoms with Crippen LogP contribution >= 0.6 is 34.8 Å². The molecular formula is C63H85Cl3N15O18S+. The van der Waals surface area contributed by atoms with Crippen LogP contribution in [0.15, 0.2) is 54.0 Å². The lowest BCUT2D eigenvalue weighted by atomic mass is 9.96. The van der Waals surface area contributed by atoms with Crippen molar-refractivity contribution in [2.75, 3.05) is 68.1 Å². The second kappa shape index (κ2) is 41.1. The van der Waals surface area contributed by atoms with Crippen molar-refractivity contribution >= 4 is 92.6 Å². The first-order chi connectivity index (χ1) is 47.4. The maximum atomic E-state index is 13.1. The van der Waals surface area contributed by atoms with Crippen molar-refractivity contribution in [3.8, 4) is 12.3 Å². The van der Waals surface area contributed by atoms with Gasteiger partial charge in [-0.15, -0.1) is 27.6 Å². The van der Waals surface area contributed by atoms with Crippen molar-refractivity contribution in [1.82, 2.24) is 55.2 Å². The molecule has 1 aliphatic heterocycles. The highest BCUT2D eigenvalue weighted by molar-refractivity contribution is 7.86. The molecule has 0 unspecified atom stereocenters. The van der Waals surface area contributed by atoms with Crippen molar-refractivity contribution in [3.63, 3.8) is 0 Å². The summed E-state index contributed by atoms with van der Waals surface area (Å²) >= 11 is 19.0. The van der Waals surface area contributed by atoms with E-state index in [1.165, 1.54) is 77.5 Å². The molecule has 0 radical (unpaired) electrons. The molecule has 0 bridgehead atoms. The summed E-state index contributed by atoms with van der Waals surface area (Å²) in [5, 5.41) is 48.2. The number of fused-ring (bicyclic) bond motifs is 1. The van der Waals surface area contributed by atoms with Gasteiger partial charge >= 0.3 is 37.2 Å². The molecule has 0 saturated heterocycles. The van der Waals surface area contributed by atoms with Gasteiger partial charge in [0.2, 0.25) is 0 Å². The zero-order valence-corrected chi connectivity index (χ0v) is 60.0. The number of nitrogens with two attached hydrogens (primary N) is 1. The third-order valence-electron chi connectivity index (χ3n) is 15.1. The summed E-state index contributed by atoms with van der Waals surface area (Å²) in [6, 6.07) is 6.59. The van der Waals surface area contributed by atoms with Gasteiger partial charge in [0.1, 0.15) is 12.1 Å². The van der Waals surface area contributed by atoms with Gasteiger partial charge in [-0.2, -0.15) is 8.42 Å². The fourth-order valence-corrected chi connectivity index (χ4v) is 9.72. The predicted molar refractivity (Wildman–Crippen MR) is 361 cm³/mol. The summed E-state index contributed by atoms with van der Waals surface area (Å²) in [5.41, 5.74) is 18.1. The van der Waals surface area contributed by atoms with Gasteiger partial charge in [-0.3, -0.25) is 28.2 Å². The monoisotopic (exact) mass is 1480 g/mol. The third kappa shape index (κ3) is 28.1. The van der Waals surface area contributed by atoms with Crippen LogP contribution in [0.5, 0.6) is 0 Å². The van der Waals surface area contributed by atoms with E-state index in [1.807, 2.05) is 6.20 Å². The highest BCUT2D eigenvalue weighted by Crippen LogP contribution is 2.41. The first-order valence-corrected chi connectivity index (χ1v) is 34.2. The number of carboxylic acids is 1. The van der Waals surface area contributed by atoms with E-state index < -0.39 is 52.1 Å².